The lowest BCUT2D eigenvalue weighted by Crippen LogP contribution is -2.29. The summed E-state index contributed by atoms with van der Waals surface area (Å²) in [5.74, 6) is -0.401. The fraction of sp³-hybridized carbons (Fsp3) is 0.500. The van der Waals surface area contributed by atoms with E-state index in [0.717, 1.165) is 12.0 Å². The Morgan fingerprint density at radius 2 is 2.11 bits per heavy atom. The van der Waals surface area contributed by atoms with Crippen molar-refractivity contribution < 1.29 is 14.3 Å². The van der Waals surface area contributed by atoms with Crippen molar-refractivity contribution in [3.8, 4) is 0 Å². The third-order valence-corrected chi connectivity index (χ3v) is 3.23. The number of esters is 1. The first-order valence-corrected chi connectivity index (χ1v) is 6.78. The quantitative estimate of drug-likeness (QED) is 0.808. The highest BCUT2D eigenvalue weighted by atomic mass is 32.1. The first kappa shape index (κ1) is 14.5. The van der Waals surface area contributed by atoms with Gasteiger partial charge in [-0.25, -0.2) is 9.59 Å². The highest BCUT2D eigenvalue weighted by Gasteiger charge is 2.19. The first-order chi connectivity index (χ1) is 8.60. The number of nitrogens with one attached hydrogen (secondary N) is 2. The van der Waals surface area contributed by atoms with E-state index in [1.807, 2.05) is 19.2 Å². The Kier molecular flexibility index (Phi) is 5.64. The molecular formula is C12H18N2O3S. The fourth-order valence-corrected chi connectivity index (χ4v) is 2.31. The highest BCUT2D eigenvalue weighted by Crippen LogP contribution is 2.28. The monoisotopic (exact) mass is 270 g/mol. The maximum atomic E-state index is 11.8. The zero-order valence-electron chi connectivity index (χ0n) is 10.8. The lowest BCUT2D eigenvalue weighted by molar-refractivity contribution is 0.0527. The third kappa shape index (κ3) is 3.73. The lowest BCUT2D eigenvalue weighted by atomic mass is 10.2. The molecule has 0 radical (unpaired) electrons. The van der Waals surface area contributed by atoms with Crippen molar-refractivity contribution in [1.82, 2.24) is 5.32 Å². The van der Waals surface area contributed by atoms with Crippen LogP contribution in [0.15, 0.2) is 5.38 Å². The van der Waals surface area contributed by atoms with Gasteiger partial charge in [0, 0.05) is 6.54 Å². The Labute approximate surface area is 111 Å². The Morgan fingerprint density at radius 1 is 1.39 bits per heavy atom. The molecule has 1 aromatic rings. The number of hydrogen-bond acceptors (Lipinski definition) is 4. The summed E-state index contributed by atoms with van der Waals surface area (Å²) in [5, 5.41) is 7.71. The molecule has 1 aromatic heterocycles. The minimum absolute atomic E-state index is 0.302. The van der Waals surface area contributed by atoms with Gasteiger partial charge in [0.25, 0.3) is 0 Å². The predicted octanol–water partition coefficient (Wildman–Crippen LogP) is 2.76. The van der Waals surface area contributed by atoms with Crippen LogP contribution in [-0.4, -0.2) is 25.2 Å². The summed E-state index contributed by atoms with van der Waals surface area (Å²) in [7, 11) is 0. The van der Waals surface area contributed by atoms with E-state index in [1.165, 1.54) is 11.3 Å². The molecule has 0 saturated heterocycles. The van der Waals surface area contributed by atoms with Crippen LogP contribution in [0.2, 0.25) is 0 Å². The largest absolute Gasteiger partial charge is 0.462 e. The molecule has 0 bridgehead atoms. The van der Waals surface area contributed by atoms with Gasteiger partial charge in [-0.3, -0.25) is 5.32 Å². The topological polar surface area (TPSA) is 67.4 Å². The standard InChI is InChI=1S/C12H18N2O3S/c1-4-6-13-12(16)14-10-9(8(3)7-18-10)11(15)17-5-2/h7H,4-6H2,1-3H3,(H2,13,14,16). The van der Waals surface area contributed by atoms with Gasteiger partial charge >= 0.3 is 12.0 Å². The van der Waals surface area contributed by atoms with Gasteiger partial charge in [-0.15, -0.1) is 11.3 Å². The number of hydrogen-bond donors (Lipinski definition) is 2. The number of aryl methyl sites for hydroxylation is 1. The second-order valence-corrected chi connectivity index (χ2v) is 4.60. The molecule has 0 fully saturated rings. The second-order valence-electron chi connectivity index (χ2n) is 3.72. The van der Waals surface area contributed by atoms with Crippen LogP contribution in [0.25, 0.3) is 0 Å². The Bertz CT molecular complexity index is 429. The van der Waals surface area contributed by atoms with Gasteiger partial charge in [-0.05, 0) is 31.2 Å². The van der Waals surface area contributed by atoms with Crippen LogP contribution in [0.1, 0.15) is 36.2 Å². The molecule has 1 heterocycles. The van der Waals surface area contributed by atoms with E-state index >= 15 is 0 Å². The van der Waals surface area contributed by atoms with Crippen LogP contribution in [0.4, 0.5) is 9.80 Å². The van der Waals surface area contributed by atoms with Crippen LogP contribution in [-0.2, 0) is 4.74 Å². The summed E-state index contributed by atoms with van der Waals surface area (Å²) >= 11 is 1.32. The number of rotatable bonds is 5. The average Bonchev–Trinajstić information content (AvgIpc) is 2.68. The molecule has 2 amide bonds. The molecule has 0 aliphatic rings. The SMILES string of the molecule is CCCNC(=O)Nc1scc(C)c1C(=O)OCC. The molecule has 0 saturated carbocycles. The molecule has 5 nitrogen and oxygen atoms in total. The number of anilines is 1. The number of urea groups is 1. The molecule has 0 atom stereocenters. The Hall–Kier alpha value is -1.56. The summed E-state index contributed by atoms with van der Waals surface area (Å²) in [6.07, 6.45) is 0.863. The van der Waals surface area contributed by atoms with Crippen molar-refractivity contribution in [2.24, 2.45) is 0 Å². The molecule has 6 heteroatoms. The third-order valence-electron chi connectivity index (χ3n) is 2.22. The van der Waals surface area contributed by atoms with Crippen LogP contribution in [0.3, 0.4) is 0 Å². The number of carbonyl (C=O) groups is 2. The normalized spacial score (nSPS) is 9.94. The van der Waals surface area contributed by atoms with E-state index in [4.69, 9.17) is 4.74 Å². The summed E-state index contributed by atoms with van der Waals surface area (Å²) < 4.78 is 4.97. The van der Waals surface area contributed by atoms with E-state index in [1.54, 1.807) is 6.92 Å². The average molecular weight is 270 g/mol. The Morgan fingerprint density at radius 3 is 2.72 bits per heavy atom. The highest BCUT2D eigenvalue weighted by molar-refractivity contribution is 7.15. The minimum Gasteiger partial charge on any atom is -0.462 e. The first-order valence-electron chi connectivity index (χ1n) is 5.90. The summed E-state index contributed by atoms with van der Waals surface area (Å²) in [6.45, 7) is 6.46. The number of carbonyl (C=O) groups excluding carboxylic acids is 2. The van der Waals surface area contributed by atoms with E-state index in [9.17, 15) is 9.59 Å². The van der Waals surface area contributed by atoms with Crippen LogP contribution >= 0.6 is 11.3 Å². The van der Waals surface area contributed by atoms with Gasteiger partial charge in [-0.2, -0.15) is 0 Å². The van der Waals surface area contributed by atoms with Crippen molar-refractivity contribution in [2.75, 3.05) is 18.5 Å². The maximum Gasteiger partial charge on any atom is 0.341 e. The summed E-state index contributed by atoms with van der Waals surface area (Å²) in [4.78, 5) is 23.3. The van der Waals surface area contributed by atoms with Crippen LogP contribution in [0.5, 0.6) is 0 Å². The van der Waals surface area contributed by atoms with Gasteiger partial charge in [0.05, 0.1) is 12.2 Å². The van der Waals surface area contributed by atoms with Gasteiger partial charge in [0.1, 0.15) is 5.00 Å². The van der Waals surface area contributed by atoms with Crippen LogP contribution < -0.4 is 10.6 Å². The van der Waals surface area contributed by atoms with Gasteiger partial charge in [0.2, 0.25) is 0 Å². The molecule has 1 rings (SSSR count). The molecule has 0 aliphatic heterocycles. The van der Waals surface area contributed by atoms with Crippen molar-refractivity contribution in [3.05, 3.63) is 16.5 Å². The van der Waals surface area contributed by atoms with Crippen LogP contribution in [0, 0.1) is 6.92 Å². The van der Waals surface area contributed by atoms with Crippen molar-refractivity contribution in [1.29, 1.82) is 0 Å². The Balaban J connectivity index is 2.77. The van der Waals surface area contributed by atoms with Crippen molar-refractivity contribution in [3.63, 3.8) is 0 Å². The number of ether oxygens (including phenoxy) is 1. The lowest BCUT2D eigenvalue weighted by Gasteiger charge is -2.07. The van der Waals surface area contributed by atoms with E-state index in [0.29, 0.717) is 23.7 Å². The molecule has 0 unspecified atom stereocenters. The number of thiophene rings is 1. The minimum atomic E-state index is -0.401. The van der Waals surface area contributed by atoms with Gasteiger partial charge in [-0.1, -0.05) is 6.92 Å². The molecule has 18 heavy (non-hydrogen) atoms. The fourth-order valence-electron chi connectivity index (χ4n) is 1.38. The van der Waals surface area contributed by atoms with E-state index in [-0.39, 0.29) is 6.03 Å². The molecular weight excluding hydrogens is 252 g/mol. The maximum absolute atomic E-state index is 11.8. The molecule has 100 valence electrons. The molecule has 0 spiro atoms. The smallest absolute Gasteiger partial charge is 0.341 e. The summed E-state index contributed by atoms with van der Waals surface area (Å²) in [6, 6.07) is -0.302. The van der Waals surface area contributed by atoms with Gasteiger partial charge < -0.3 is 10.1 Å². The molecule has 0 aliphatic carbocycles. The number of amides is 2. The zero-order chi connectivity index (χ0) is 13.5. The van der Waals surface area contributed by atoms with E-state index < -0.39 is 5.97 Å². The van der Waals surface area contributed by atoms with E-state index in [2.05, 4.69) is 10.6 Å². The second kappa shape index (κ2) is 7.00. The summed E-state index contributed by atoms with van der Waals surface area (Å²) in [5.41, 5.74) is 1.25. The molecule has 2 N–H and O–H groups in total. The zero-order valence-corrected chi connectivity index (χ0v) is 11.6. The predicted molar refractivity (Wildman–Crippen MR) is 72.3 cm³/mol. The van der Waals surface area contributed by atoms with Crippen molar-refractivity contribution >= 4 is 28.3 Å². The molecule has 0 aromatic carbocycles. The van der Waals surface area contributed by atoms with Gasteiger partial charge in [0.15, 0.2) is 0 Å². The van der Waals surface area contributed by atoms with Crippen molar-refractivity contribution in [2.45, 2.75) is 27.2 Å².